The first kappa shape index (κ1) is 20.5. The fraction of sp³-hybridized carbons (Fsp3) is 0.500. The summed E-state index contributed by atoms with van der Waals surface area (Å²) in [5.74, 6) is -0.607. The highest BCUT2D eigenvalue weighted by Crippen LogP contribution is 2.24. The van der Waals surface area contributed by atoms with E-state index in [4.69, 9.17) is 16.3 Å². The van der Waals surface area contributed by atoms with Gasteiger partial charge in [0.05, 0.1) is 12.3 Å². The maximum absolute atomic E-state index is 12.8. The Morgan fingerprint density at radius 3 is 2.54 bits per heavy atom. The van der Waals surface area contributed by atoms with Crippen molar-refractivity contribution in [1.82, 2.24) is 9.73 Å². The molecule has 2 N–H and O–H groups in total. The second kappa shape index (κ2) is 8.24. The molecule has 0 aromatic heterocycles. The van der Waals surface area contributed by atoms with Gasteiger partial charge in [0.2, 0.25) is 10.0 Å². The maximum atomic E-state index is 12.8. The third-order valence-corrected chi connectivity index (χ3v) is 6.49. The van der Waals surface area contributed by atoms with Gasteiger partial charge in [-0.05, 0) is 38.0 Å². The van der Waals surface area contributed by atoms with Crippen molar-refractivity contribution in [3.63, 3.8) is 0 Å². The molecule has 2 unspecified atom stereocenters. The number of rotatable bonds is 7. The van der Waals surface area contributed by atoms with E-state index in [0.717, 1.165) is 0 Å². The fourth-order valence-electron chi connectivity index (χ4n) is 2.68. The Morgan fingerprint density at radius 2 is 2.04 bits per heavy atom. The Hall–Kier alpha value is -1.84. The molecule has 0 radical (unpaired) electrons. The smallest absolute Gasteiger partial charge is 0.324 e. The lowest BCUT2D eigenvalue weighted by atomic mass is 10.1. The molecule has 0 saturated heterocycles. The van der Waals surface area contributed by atoms with Crippen LogP contribution in [0.2, 0.25) is 0 Å². The minimum absolute atomic E-state index is 0.0735. The summed E-state index contributed by atoms with van der Waals surface area (Å²) in [6, 6.07) is 5.02. The number of phenolic OH excluding ortho intramolecular Hbond substituents is 1. The lowest BCUT2D eigenvalue weighted by Crippen LogP contribution is -2.51. The van der Waals surface area contributed by atoms with Gasteiger partial charge in [0.15, 0.2) is 5.25 Å². The lowest BCUT2D eigenvalue weighted by molar-refractivity contribution is -0.145. The lowest BCUT2D eigenvalue weighted by Gasteiger charge is -2.23. The van der Waals surface area contributed by atoms with E-state index >= 15 is 0 Å². The Morgan fingerprint density at radius 1 is 1.42 bits per heavy atom. The van der Waals surface area contributed by atoms with Crippen LogP contribution in [0.5, 0.6) is 5.75 Å². The van der Waals surface area contributed by atoms with Gasteiger partial charge in [0.25, 0.3) is 0 Å². The average molecular weight is 404 g/mol. The van der Waals surface area contributed by atoms with Crippen LogP contribution in [-0.2, 0) is 26.0 Å². The van der Waals surface area contributed by atoms with E-state index in [9.17, 15) is 18.3 Å². The molecular formula is C16H22ClN3O5S. The Labute approximate surface area is 157 Å². The van der Waals surface area contributed by atoms with Crippen LogP contribution < -0.4 is 4.72 Å². The Kier molecular flexibility index (Phi) is 6.48. The van der Waals surface area contributed by atoms with Crippen molar-refractivity contribution in [2.24, 2.45) is 5.10 Å². The van der Waals surface area contributed by atoms with Crippen LogP contribution in [-0.4, -0.2) is 60.7 Å². The first-order valence-corrected chi connectivity index (χ1v) is 10.0. The third-order valence-electron chi connectivity index (χ3n) is 3.92. The number of phenols is 1. The van der Waals surface area contributed by atoms with E-state index in [1.54, 1.807) is 33.0 Å². The minimum atomic E-state index is -3.99. The molecule has 3 atom stereocenters. The number of hydrazone groups is 1. The van der Waals surface area contributed by atoms with Crippen LogP contribution in [0.15, 0.2) is 29.4 Å². The minimum Gasteiger partial charge on any atom is -0.508 e. The number of benzene rings is 1. The van der Waals surface area contributed by atoms with E-state index in [1.165, 1.54) is 17.1 Å². The predicted octanol–water partition coefficient (Wildman–Crippen LogP) is 1.04. The number of hydrogen-bond acceptors (Lipinski definition) is 7. The highest BCUT2D eigenvalue weighted by Gasteiger charge is 2.43. The first-order chi connectivity index (χ1) is 12.2. The second-order valence-electron chi connectivity index (χ2n) is 5.95. The van der Waals surface area contributed by atoms with Crippen molar-refractivity contribution >= 4 is 33.3 Å². The maximum Gasteiger partial charge on any atom is 0.324 e. The van der Waals surface area contributed by atoms with Crippen molar-refractivity contribution in [3.8, 4) is 5.75 Å². The number of nitrogens with zero attached hydrogens (tertiary/aromatic N) is 2. The normalized spacial score (nSPS) is 21.4. The number of halogens is 1. The molecular weight excluding hydrogens is 382 g/mol. The van der Waals surface area contributed by atoms with Crippen LogP contribution in [0.3, 0.4) is 0 Å². The zero-order chi connectivity index (χ0) is 19.5. The van der Waals surface area contributed by atoms with E-state index in [0.29, 0.717) is 11.3 Å². The summed E-state index contributed by atoms with van der Waals surface area (Å²) < 4.78 is 33.0. The molecule has 1 aromatic carbocycles. The van der Waals surface area contributed by atoms with Crippen LogP contribution in [0.25, 0.3) is 0 Å². The largest absolute Gasteiger partial charge is 0.508 e. The van der Waals surface area contributed by atoms with Crippen LogP contribution in [0, 0.1) is 0 Å². The third kappa shape index (κ3) is 4.66. The molecule has 0 spiro atoms. The Bertz CT molecular complexity index is 782. The van der Waals surface area contributed by atoms with E-state index in [2.05, 4.69) is 9.82 Å². The number of carbonyl (C=O) groups excluding carboxylic acids is 1. The van der Waals surface area contributed by atoms with Gasteiger partial charge in [-0.3, -0.25) is 9.80 Å². The number of nitrogens with one attached hydrogen (secondary N) is 1. The summed E-state index contributed by atoms with van der Waals surface area (Å²) in [4.78, 5) is 12.3. The van der Waals surface area contributed by atoms with Gasteiger partial charge in [0.1, 0.15) is 17.3 Å². The molecule has 0 bridgehead atoms. The van der Waals surface area contributed by atoms with Gasteiger partial charge < -0.3 is 9.84 Å². The zero-order valence-electron chi connectivity index (χ0n) is 14.7. The topological polar surface area (TPSA) is 108 Å². The average Bonchev–Trinajstić information content (AvgIpc) is 2.82. The first-order valence-electron chi connectivity index (χ1n) is 8.03. The van der Waals surface area contributed by atoms with Gasteiger partial charge in [-0.15, -0.1) is 0 Å². The van der Waals surface area contributed by atoms with E-state index in [-0.39, 0.29) is 18.8 Å². The number of carbonyl (C=O) groups is 1. The summed E-state index contributed by atoms with van der Waals surface area (Å²) in [7, 11) is -2.41. The number of sulfonamides is 1. The van der Waals surface area contributed by atoms with Crippen molar-refractivity contribution in [2.45, 2.75) is 37.1 Å². The summed E-state index contributed by atoms with van der Waals surface area (Å²) in [6.07, 6.45) is 0.0735. The van der Waals surface area contributed by atoms with Crippen molar-refractivity contribution in [1.29, 1.82) is 0 Å². The number of esters is 1. The van der Waals surface area contributed by atoms with Crippen molar-refractivity contribution in [2.75, 3.05) is 13.7 Å². The van der Waals surface area contributed by atoms with Gasteiger partial charge in [-0.25, -0.2) is 8.42 Å². The summed E-state index contributed by atoms with van der Waals surface area (Å²) in [6.45, 7) is 3.33. The molecule has 1 aromatic rings. The standard InChI is InChI=1S/C16H22ClN3O5S/c1-4-25-16(22)13(9-11-5-7-12(21)8-6-11)19-26(23,24)14-10(2)18-20(3)15(14)17/h5-8,13-15,19,21H,4,9H2,1-3H3/t13?,14?,15-/m1/s1. The molecule has 10 heteroatoms. The van der Waals surface area contributed by atoms with Crippen molar-refractivity contribution < 1.29 is 23.1 Å². The molecule has 1 heterocycles. The highest BCUT2D eigenvalue weighted by molar-refractivity contribution is 7.91. The monoisotopic (exact) mass is 403 g/mol. The number of hydrogen-bond donors (Lipinski definition) is 2. The van der Waals surface area contributed by atoms with Crippen molar-refractivity contribution in [3.05, 3.63) is 29.8 Å². The fourth-order valence-corrected chi connectivity index (χ4v) is 5.01. The number of aromatic hydroxyl groups is 1. The molecule has 144 valence electrons. The molecule has 1 aliphatic rings. The molecule has 1 aliphatic heterocycles. The van der Waals surface area contributed by atoms with E-state index in [1.807, 2.05) is 0 Å². The summed E-state index contributed by atoms with van der Waals surface area (Å²) in [5, 5.41) is 13.7. The van der Waals surface area contributed by atoms with Gasteiger partial charge in [0, 0.05) is 7.05 Å². The Balaban J connectivity index is 2.24. The molecule has 2 rings (SSSR count). The molecule has 0 fully saturated rings. The summed E-state index contributed by atoms with van der Waals surface area (Å²) in [5.41, 5.74) is 0.135. The van der Waals surface area contributed by atoms with Gasteiger partial charge >= 0.3 is 5.97 Å². The zero-order valence-corrected chi connectivity index (χ0v) is 16.3. The highest BCUT2D eigenvalue weighted by atomic mass is 35.5. The second-order valence-corrected chi connectivity index (χ2v) is 8.23. The molecule has 8 nitrogen and oxygen atoms in total. The SMILES string of the molecule is CCOC(=O)C(Cc1ccc(O)cc1)NS(=O)(=O)C1C(C)=NN(C)[C@H]1Cl. The molecule has 0 aliphatic carbocycles. The van der Waals surface area contributed by atoms with Crippen LogP contribution >= 0.6 is 11.6 Å². The van der Waals surface area contributed by atoms with Gasteiger partial charge in [-0.2, -0.15) is 9.82 Å². The summed E-state index contributed by atoms with van der Waals surface area (Å²) >= 11 is 6.16. The number of ether oxygens (including phenoxy) is 1. The van der Waals surface area contributed by atoms with Crippen LogP contribution in [0.1, 0.15) is 19.4 Å². The van der Waals surface area contributed by atoms with Gasteiger partial charge in [-0.1, -0.05) is 23.7 Å². The molecule has 0 saturated carbocycles. The predicted molar refractivity (Wildman–Crippen MR) is 98.6 cm³/mol. The van der Waals surface area contributed by atoms with Crippen LogP contribution in [0.4, 0.5) is 0 Å². The molecule has 26 heavy (non-hydrogen) atoms. The number of alkyl halides is 1. The van der Waals surface area contributed by atoms with E-state index < -0.39 is 32.8 Å². The molecule has 0 amide bonds. The quantitative estimate of drug-likeness (QED) is 0.400.